The first-order valence-electron chi connectivity index (χ1n) is 7.13. The topological polar surface area (TPSA) is 74.2 Å². The van der Waals surface area contributed by atoms with Gasteiger partial charge in [-0.3, -0.25) is 0 Å². The Morgan fingerprint density at radius 1 is 1.30 bits per heavy atom. The number of nitrogens with zero attached hydrogens (tertiary/aromatic N) is 4. The molecule has 1 aliphatic rings. The van der Waals surface area contributed by atoms with E-state index in [1.54, 1.807) is 0 Å². The molecule has 1 aromatic rings. The second-order valence-electron chi connectivity index (χ2n) is 5.49. The van der Waals surface area contributed by atoms with E-state index in [2.05, 4.69) is 32.1 Å². The highest BCUT2D eigenvalue weighted by atomic mass is 35.5. The monoisotopic (exact) mass is 299 g/mol. The first kappa shape index (κ1) is 15.3. The fourth-order valence-corrected chi connectivity index (χ4v) is 2.42. The highest BCUT2D eigenvalue weighted by Gasteiger charge is 2.26. The van der Waals surface area contributed by atoms with E-state index in [9.17, 15) is 5.11 Å². The normalized spacial score (nSPS) is 23.5. The molecule has 7 heteroatoms. The van der Waals surface area contributed by atoms with Crippen LogP contribution in [0.5, 0.6) is 0 Å². The Bertz CT molecular complexity index is 454. The number of halogens is 1. The number of anilines is 2. The second kappa shape index (κ2) is 6.54. The van der Waals surface area contributed by atoms with Gasteiger partial charge in [-0.25, -0.2) is 0 Å². The molecule has 2 N–H and O–H groups in total. The standard InChI is InChI=1S/C13H22ClN5O/c1-3-7-15-11-16-10(14)17-12(18-11)19-8-4-5-13(2,20)6-9-19/h20H,3-9H2,1-2H3,(H,15,16,17,18). The zero-order chi connectivity index (χ0) is 14.6. The molecule has 20 heavy (non-hydrogen) atoms. The molecule has 0 aliphatic carbocycles. The van der Waals surface area contributed by atoms with Gasteiger partial charge in [-0.2, -0.15) is 15.0 Å². The van der Waals surface area contributed by atoms with Gasteiger partial charge < -0.3 is 15.3 Å². The summed E-state index contributed by atoms with van der Waals surface area (Å²) in [5.74, 6) is 1.10. The van der Waals surface area contributed by atoms with Gasteiger partial charge in [0.25, 0.3) is 0 Å². The molecule has 2 heterocycles. The lowest BCUT2D eigenvalue weighted by molar-refractivity contribution is 0.0481. The fraction of sp³-hybridized carbons (Fsp3) is 0.769. The predicted octanol–water partition coefficient (Wildman–Crippen LogP) is 2.09. The van der Waals surface area contributed by atoms with Crippen molar-refractivity contribution in [1.29, 1.82) is 0 Å². The summed E-state index contributed by atoms with van der Waals surface area (Å²) < 4.78 is 0. The summed E-state index contributed by atoms with van der Waals surface area (Å²) in [6.45, 7) is 6.30. The van der Waals surface area contributed by atoms with Crippen LogP contribution in [0.1, 0.15) is 39.5 Å². The van der Waals surface area contributed by atoms with Gasteiger partial charge in [-0.1, -0.05) is 6.92 Å². The molecule has 0 amide bonds. The summed E-state index contributed by atoms with van der Waals surface area (Å²) in [5.41, 5.74) is -0.602. The first-order valence-corrected chi connectivity index (χ1v) is 7.51. The molecule has 1 aromatic heterocycles. The molecule has 112 valence electrons. The van der Waals surface area contributed by atoms with E-state index >= 15 is 0 Å². The van der Waals surface area contributed by atoms with Gasteiger partial charge in [-0.15, -0.1) is 0 Å². The fourth-order valence-electron chi connectivity index (χ4n) is 2.26. The molecule has 1 saturated heterocycles. The molecular formula is C13H22ClN5O. The zero-order valence-electron chi connectivity index (χ0n) is 12.1. The predicted molar refractivity (Wildman–Crippen MR) is 80.3 cm³/mol. The van der Waals surface area contributed by atoms with Gasteiger partial charge in [0.15, 0.2) is 0 Å². The van der Waals surface area contributed by atoms with Gasteiger partial charge >= 0.3 is 0 Å². The number of hydrogen-bond donors (Lipinski definition) is 2. The summed E-state index contributed by atoms with van der Waals surface area (Å²) in [6.07, 6.45) is 3.40. The molecule has 0 radical (unpaired) electrons. The maximum atomic E-state index is 10.1. The molecule has 1 aliphatic heterocycles. The maximum Gasteiger partial charge on any atom is 0.231 e. The van der Waals surface area contributed by atoms with E-state index in [4.69, 9.17) is 11.6 Å². The molecule has 1 atom stereocenters. The van der Waals surface area contributed by atoms with Crippen LogP contribution in [0, 0.1) is 0 Å². The first-order chi connectivity index (χ1) is 9.50. The molecule has 6 nitrogen and oxygen atoms in total. The second-order valence-corrected chi connectivity index (χ2v) is 5.83. The van der Waals surface area contributed by atoms with Crippen molar-refractivity contribution in [2.24, 2.45) is 0 Å². The Morgan fingerprint density at radius 2 is 2.10 bits per heavy atom. The van der Waals surface area contributed by atoms with Crippen molar-refractivity contribution >= 4 is 23.5 Å². The van der Waals surface area contributed by atoms with Crippen LogP contribution in [0.4, 0.5) is 11.9 Å². The molecular weight excluding hydrogens is 278 g/mol. The lowest BCUT2D eigenvalue weighted by Crippen LogP contribution is -2.29. The third-order valence-electron chi connectivity index (χ3n) is 3.48. The highest BCUT2D eigenvalue weighted by molar-refractivity contribution is 6.28. The maximum absolute atomic E-state index is 10.1. The van der Waals surface area contributed by atoms with Gasteiger partial charge in [0.1, 0.15) is 0 Å². The van der Waals surface area contributed by atoms with Crippen LogP contribution in [0.3, 0.4) is 0 Å². The van der Waals surface area contributed by atoms with Gasteiger partial charge in [0.05, 0.1) is 5.60 Å². The summed E-state index contributed by atoms with van der Waals surface area (Å²) in [6, 6.07) is 0. The lowest BCUT2D eigenvalue weighted by Gasteiger charge is -2.22. The minimum Gasteiger partial charge on any atom is -0.390 e. The summed E-state index contributed by atoms with van der Waals surface area (Å²) in [4.78, 5) is 14.7. The van der Waals surface area contributed by atoms with Crippen molar-refractivity contribution in [2.45, 2.75) is 45.1 Å². The molecule has 2 rings (SSSR count). The third-order valence-corrected chi connectivity index (χ3v) is 3.64. The Balaban J connectivity index is 2.13. The largest absolute Gasteiger partial charge is 0.390 e. The third kappa shape index (κ3) is 4.18. The van der Waals surface area contributed by atoms with E-state index in [0.717, 1.165) is 38.9 Å². The average Bonchev–Trinajstić information content (AvgIpc) is 2.57. The van der Waals surface area contributed by atoms with Crippen molar-refractivity contribution in [3.05, 3.63) is 5.28 Å². The number of rotatable bonds is 4. The van der Waals surface area contributed by atoms with Gasteiger partial charge in [0, 0.05) is 19.6 Å². The average molecular weight is 300 g/mol. The van der Waals surface area contributed by atoms with E-state index in [-0.39, 0.29) is 5.28 Å². The molecule has 1 fully saturated rings. The van der Waals surface area contributed by atoms with E-state index in [0.29, 0.717) is 18.3 Å². The molecule has 1 unspecified atom stereocenters. The Kier molecular flexibility index (Phi) is 4.99. The summed E-state index contributed by atoms with van der Waals surface area (Å²) >= 11 is 5.97. The highest BCUT2D eigenvalue weighted by Crippen LogP contribution is 2.24. The van der Waals surface area contributed by atoms with Crippen molar-refractivity contribution in [2.75, 3.05) is 29.9 Å². The Labute approximate surface area is 124 Å². The number of hydrogen-bond acceptors (Lipinski definition) is 6. The van der Waals surface area contributed by atoms with Crippen molar-refractivity contribution in [1.82, 2.24) is 15.0 Å². The van der Waals surface area contributed by atoms with Crippen LogP contribution in [0.15, 0.2) is 0 Å². The van der Waals surface area contributed by atoms with Crippen LogP contribution >= 0.6 is 11.6 Å². The number of nitrogens with one attached hydrogen (secondary N) is 1. The van der Waals surface area contributed by atoms with Crippen molar-refractivity contribution in [3.63, 3.8) is 0 Å². The number of aliphatic hydroxyl groups is 1. The SMILES string of the molecule is CCCNc1nc(Cl)nc(N2CCCC(C)(O)CC2)n1. The minimum atomic E-state index is -0.602. The van der Waals surface area contributed by atoms with E-state index in [1.165, 1.54) is 0 Å². The summed E-state index contributed by atoms with van der Waals surface area (Å²) in [7, 11) is 0. The van der Waals surface area contributed by atoms with Gasteiger partial charge in [0.2, 0.25) is 17.2 Å². The Hall–Kier alpha value is -1.14. The van der Waals surface area contributed by atoms with Crippen LogP contribution in [0.2, 0.25) is 5.28 Å². The van der Waals surface area contributed by atoms with Crippen LogP contribution < -0.4 is 10.2 Å². The quantitative estimate of drug-likeness (QED) is 0.887. The van der Waals surface area contributed by atoms with Crippen molar-refractivity contribution < 1.29 is 5.11 Å². The van der Waals surface area contributed by atoms with E-state index in [1.807, 2.05) is 6.92 Å². The molecule has 0 spiro atoms. The van der Waals surface area contributed by atoms with Gasteiger partial charge in [-0.05, 0) is 44.2 Å². The molecule has 0 bridgehead atoms. The van der Waals surface area contributed by atoms with Crippen LogP contribution in [-0.2, 0) is 0 Å². The molecule has 0 saturated carbocycles. The van der Waals surface area contributed by atoms with E-state index < -0.39 is 5.60 Å². The van der Waals surface area contributed by atoms with Crippen molar-refractivity contribution in [3.8, 4) is 0 Å². The van der Waals surface area contributed by atoms with Crippen LogP contribution in [-0.4, -0.2) is 45.3 Å². The molecule has 0 aromatic carbocycles. The lowest BCUT2D eigenvalue weighted by atomic mass is 9.98. The Morgan fingerprint density at radius 3 is 2.85 bits per heavy atom. The van der Waals surface area contributed by atoms with Crippen LogP contribution in [0.25, 0.3) is 0 Å². The smallest absolute Gasteiger partial charge is 0.231 e. The summed E-state index contributed by atoms with van der Waals surface area (Å²) in [5, 5.41) is 13.4. The zero-order valence-corrected chi connectivity index (χ0v) is 12.8. The minimum absolute atomic E-state index is 0.199. The number of aromatic nitrogens is 3.